The minimum atomic E-state index is -0.301. The topological polar surface area (TPSA) is 69.2 Å². The fourth-order valence-electron chi connectivity index (χ4n) is 2.78. The molecule has 0 fully saturated rings. The molecule has 166 valence electrons. The molecule has 0 aliphatic heterocycles. The van der Waals surface area contributed by atoms with Crippen LogP contribution in [0.1, 0.15) is 34.8 Å². The molecule has 0 saturated carbocycles. The van der Waals surface area contributed by atoms with Crippen LogP contribution in [-0.2, 0) is 6.61 Å². The molecule has 1 amide bonds. The van der Waals surface area contributed by atoms with Crippen molar-refractivity contribution in [3.8, 4) is 17.2 Å². The van der Waals surface area contributed by atoms with Crippen LogP contribution in [0, 0.1) is 0 Å². The van der Waals surface area contributed by atoms with Gasteiger partial charge in [-0.15, -0.1) is 0 Å². The Kier molecular flexibility index (Phi) is 8.69. The standard InChI is InChI=1S/C25H25BrN2O4/c1-3-14-31-22-11-7-20(8-12-22)25(29)28-27-16-19-6-13-23(24(15-19)30-2)32-17-18-4-9-21(26)10-5-18/h4-13,15-16H,3,14,17H2,1-2H3,(H,28,29)/b27-16+. The van der Waals surface area contributed by atoms with Gasteiger partial charge in [0.25, 0.3) is 5.91 Å². The van der Waals surface area contributed by atoms with Crippen molar-refractivity contribution in [1.29, 1.82) is 0 Å². The van der Waals surface area contributed by atoms with E-state index in [4.69, 9.17) is 14.2 Å². The van der Waals surface area contributed by atoms with Crippen LogP contribution in [0.3, 0.4) is 0 Å². The normalized spacial score (nSPS) is 10.7. The summed E-state index contributed by atoms with van der Waals surface area (Å²) in [5.74, 6) is 1.65. The largest absolute Gasteiger partial charge is 0.494 e. The maximum atomic E-state index is 12.3. The monoisotopic (exact) mass is 496 g/mol. The van der Waals surface area contributed by atoms with Crippen molar-refractivity contribution in [3.63, 3.8) is 0 Å². The van der Waals surface area contributed by atoms with Crippen molar-refractivity contribution in [2.24, 2.45) is 5.10 Å². The van der Waals surface area contributed by atoms with E-state index in [9.17, 15) is 4.79 Å². The summed E-state index contributed by atoms with van der Waals surface area (Å²) in [4.78, 5) is 12.3. The van der Waals surface area contributed by atoms with E-state index in [0.717, 1.165) is 27.8 Å². The Labute approximate surface area is 196 Å². The molecule has 32 heavy (non-hydrogen) atoms. The Morgan fingerprint density at radius 2 is 1.75 bits per heavy atom. The Hall–Kier alpha value is -3.32. The van der Waals surface area contributed by atoms with Gasteiger partial charge in [-0.1, -0.05) is 35.0 Å². The van der Waals surface area contributed by atoms with Crippen molar-refractivity contribution in [1.82, 2.24) is 5.43 Å². The van der Waals surface area contributed by atoms with Gasteiger partial charge in [0.1, 0.15) is 12.4 Å². The van der Waals surface area contributed by atoms with E-state index < -0.39 is 0 Å². The first-order valence-electron chi connectivity index (χ1n) is 10.2. The van der Waals surface area contributed by atoms with Crippen LogP contribution in [0.5, 0.6) is 17.2 Å². The number of hydrazone groups is 1. The fraction of sp³-hybridized carbons (Fsp3) is 0.200. The average Bonchev–Trinajstić information content (AvgIpc) is 2.83. The number of halogens is 1. The minimum absolute atomic E-state index is 0.301. The summed E-state index contributed by atoms with van der Waals surface area (Å²) in [7, 11) is 1.58. The number of nitrogens with one attached hydrogen (secondary N) is 1. The number of ether oxygens (including phenoxy) is 3. The summed E-state index contributed by atoms with van der Waals surface area (Å²) in [6, 6.07) is 20.3. The minimum Gasteiger partial charge on any atom is -0.494 e. The number of carbonyl (C=O) groups is 1. The Balaban J connectivity index is 1.57. The van der Waals surface area contributed by atoms with E-state index in [1.54, 1.807) is 43.7 Å². The van der Waals surface area contributed by atoms with Gasteiger partial charge >= 0.3 is 0 Å². The summed E-state index contributed by atoms with van der Waals surface area (Å²) < 4.78 is 17.9. The molecule has 3 aromatic carbocycles. The zero-order valence-corrected chi connectivity index (χ0v) is 19.6. The first-order chi connectivity index (χ1) is 15.6. The van der Waals surface area contributed by atoms with Crippen molar-refractivity contribution in [3.05, 3.63) is 87.9 Å². The summed E-state index contributed by atoms with van der Waals surface area (Å²) in [6.45, 7) is 3.11. The van der Waals surface area contributed by atoms with Gasteiger partial charge in [-0.2, -0.15) is 5.10 Å². The summed E-state index contributed by atoms with van der Waals surface area (Å²) in [5.41, 5.74) is 4.84. The Morgan fingerprint density at radius 3 is 2.44 bits per heavy atom. The smallest absolute Gasteiger partial charge is 0.271 e. The fourth-order valence-corrected chi connectivity index (χ4v) is 3.04. The van der Waals surface area contributed by atoms with E-state index in [0.29, 0.717) is 30.3 Å². The second kappa shape index (κ2) is 11.9. The molecule has 0 radical (unpaired) electrons. The van der Waals surface area contributed by atoms with Gasteiger partial charge < -0.3 is 14.2 Å². The number of benzene rings is 3. The van der Waals surface area contributed by atoms with Crippen LogP contribution >= 0.6 is 15.9 Å². The van der Waals surface area contributed by atoms with Gasteiger partial charge in [-0.25, -0.2) is 5.43 Å². The van der Waals surface area contributed by atoms with Crippen LogP contribution in [-0.4, -0.2) is 25.8 Å². The van der Waals surface area contributed by atoms with Crippen LogP contribution in [0.15, 0.2) is 76.3 Å². The maximum Gasteiger partial charge on any atom is 0.271 e. The molecule has 0 atom stereocenters. The molecule has 0 heterocycles. The van der Waals surface area contributed by atoms with Crippen molar-refractivity contribution >= 4 is 28.1 Å². The zero-order valence-electron chi connectivity index (χ0n) is 18.0. The first-order valence-corrected chi connectivity index (χ1v) is 11.0. The maximum absolute atomic E-state index is 12.3. The molecular formula is C25H25BrN2O4. The predicted molar refractivity (Wildman–Crippen MR) is 129 cm³/mol. The molecular weight excluding hydrogens is 472 g/mol. The van der Waals surface area contributed by atoms with Crippen LogP contribution < -0.4 is 19.6 Å². The third-order valence-electron chi connectivity index (χ3n) is 4.46. The van der Waals surface area contributed by atoms with Gasteiger partial charge in [0, 0.05) is 10.0 Å². The third kappa shape index (κ3) is 6.85. The summed E-state index contributed by atoms with van der Waals surface area (Å²) >= 11 is 3.42. The van der Waals surface area contributed by atoms with Crippen LogP contribution in [0.25, 0.3) is 0 Å². The van der Waals surface area contributed by atoms with E-state index in [2.05, 4.69) is 26.5 Å². The molecule has 0 saturated heterocycles. The number of hydrogen-bond acceptors (Lipinski definition) is 5. The molecule has 0 aliphatic rings. The molecule has 0 unspecified atom stereocenters. The van der Waals surface area contributed by atoms with E-state index in [1.165, 1.54) is 0 Å². The van der Waals surface area contributed by atoms with E-state index >= 15 is 0 Å². The highest BCUT2D eigenvalue weighted by Crippen LogP contribution is 2.28. The second-order valence-electron chi connectivity index (χ2n) is 6.90. The van der Waals surface area contributed by atoms with Crippen molar-refractivity contribution in [2.75, 3.05) is 13.7 Å². The van der Waals surface area contributed by atoms with Gasteiger partial charge in [-0.05, 0) is 72.1 Å². The average molecular weight is 497 g/mol. The van der Waals surface area contributed by atoms with Gasteiger partial charge in [-0.3, -0.25) is 4.79 Å². The number of amides is 1. The SMILES string of the molecule is CCCOc1ccc(C(=O)N/N=C/c2ccc(OCc3ccc(Br)cc3)c(OC)c2)cc1. The number of hydrogen-bond donors (Lipinski definition) is 1. The highest BCUT2D eigenvalue weighted by Gasteiger charge is 2.07. The molecule has 6 nitrogen and oxygen atoms in total. The summed E-state index contributed by atoms with van der Waals surface area (Å²) in [5, 5.41) is 4.04. The van der Waals surface area contributed by atoms with Gasteiger partial charge in [0.2, 0.25) is 0 Å². The van der Waals surface area contributed by atoms with Gasteiger partial charge in [0.05, 0.1) is 19.9 Å². The molecule has 1 N–H and O–H groups in total. The number of methoxy groups -OCH3 is 1. The predicted octanol–water partition coefficient (Wildman–Crippen LogP) is 5.59. The van der Waals surface area contributed by atoms with Crippen LogP contribution in [0.2, 0.25) is 0 Å². The number of rotatable bonds is 10. The molecule has 3 rings (SSSR count). The Morgan fingerprint density at radius 1 is 1.00 bits per heavy atom. The lowest BCUT2D eigenvalue weighted by Crippen LogP contribution is -2.17. The lowest BCUT2D eigenvalue weighted by atomic mass is 10.2. The highest BCUT2D eigenvalue weighted by atomic mass is 79.9. The molecule has 0 bridgehead atoms. The third-order valence-corrected chi connectivity index (χ3v) is 4.99. The molecule has 0 aliphatic carbocycles. The van der Waals surface area contributed by atoms with Crippen molar-refractivity contribution in [2.45, 2.75) is 20.0 Å². The van der Waals surface area contributed by atoms with Gasteiger partial charge in [0.15, 0.2) is 11.5 Å². The lowest BCUT2D eigenvalue weighted by molar-refractivity contribution is 0.0955. The number of nitrogens with zero attached hydrogens (tertiary/aromatic N) is 1. The zero-order chi connectivity index (χ0) is 22.8. The quantitative estimate of drug-likeness (QED) is 0.293. The lowest BCUT2D eigenvalue weighted by Gasteiger charge is -2.11. The molecule has 3 aromatic rings. The number of carbonyl (C=O) groups excluding carboxylic acids is 1. The highest BCUT2D eigenvalue weighted by molar-refractivity contribution is 9.10. The van der Waals surface area contributed by atoms with E-state index in [-0.39, 0.29) is 5.91 Å². The molecule has 0 spiro atoms. The van der Waals surface area contributed by atoms with Crippen molar-refractivity contribution < 1.29 is 19.0 Å². The van der Waals surface area contributed by atoms with E-state index in [1.807, 2.05) is 43.3 Å². The molecule has 0 aromatic heterocycles. The first kappa shape index (κ1) is 23.3. The summed E-state index contributed by atoms with van der Waals surface area (Å²) in [6.07, 6.45) is 2.48. The van der Waals surface area contributed by atoms with Crippen LogP contribution in [0.4, 0.5) is 0 Å². The second-order valence-corrected chi connectivity index (χ2v) is 7.81. The molecule has 7 heteroatoms. The Bertz CT molecular complexity index is 1050.